The molecule has 214 valence electrons. The van der Waals surface area contributed by atoms with Gasteiger partial charge in [-0.1, -0.05) is 56.7 Å². The Labute approximate surface area is 236 Å². The lowest BCUT2D eigenvalue weighted by Crippen LogP contribution is -2.62. The molecule has 1 aromatic rings. The van der Waals surface area contributed by atoms with Gasteiger partial charge >= 0.3 is 11.9 Å². The minimum atomic E-state index is -1.52. The summed E-state index contributed by atoms with van der Waals surface area (Å²) in [4.78, 5) is 65.8. The van der Waals surface area contributed by atoms with E-state index in [1.54, 1.807) is 6.08 Å². The number of fused-ring (bicyclic) bond motifs is 5. The maximum Gasteiger partial charge on any atom is 0.310 e. The van der Waals surface area contributed by atoms with Crippen LogP contribution in [0.5, 0.6) is 0 Å². The third kappa shape index (κ3) is 4.65. The van der Waals surface area contributed by atoms with Crippen molar-refractivity contribution in [2.75, 3.05) is 6.61 Å². The van der Waals surface area contributed by atoms with Gasteiger partial charge in [0, 0.05) is 30.6 Å². The predicted molar refractivity (Wildman–Crippen MR) is 147 cm³/mol. The summed E-state index contributed by atoms with van der Waals surface area (Å²) in [6.45, 7) is 5.43. The third-order valence-corrected chi connectivity index (χ3v) is 10.5. The van der Waals surface area contributed by atoms with E-state index in [0.29, 0.717) is 32.1 Å². The molecule has 1 aromatic carbocycles. The average molecular weight is 549 g/mol. The Morgan fingerprint density at radius 3 is 2.45 bits per heavy atom. The van der Waals surface area contributed by atoms with Crippen molar-refractivity contribution in [3.8, 4) is 0 Å². The van der Waals surface area contributed by atoms with Crippen LogP contribution in [0.25, 0.3) is 0 Å². The van der Waals surface area contributed by atoms with Gasteiger partial charge in [-0.15, -0.1) is 0 Å². The molecule has 0 radical (unpaired) electrons. The lowest BCUT2D eigenvalue weighted by Gasteiger charge is -2.58. The molecule has 7 nitrogen and oxygen atoms in total. The Hall–Kier alpha value is -3.09. The first-order valence-electron chi connectivity index (χ1n) is 14.8. The molecule has 0 spiro atoms. The van der Waals surface area contributed by atoms with E-state index in [2.05, 4.69) is 6.92 Å². The molecular formula is C33H40O7. The lowest BCUT2D eigenvalue weighted by atomic mass is 9.46. The second-order valence-electron chi connectivity index (χ2n) is 12.7. The molecule has 0 aliphatic heterocycles. The minimum absolute atomic E-state index is 0.00426. The molecule has 0 unspecified atom stereocenters. The van der Waals surface area contributed by atoms with Gasteiger partial charge in [0.25, 0.3) is 0 Å². The summed E-state index contributed by atoms with van der Waals surface area (Å²) in [6, 6.07) is 9.16. The number of esters is 2. The molecule has 4 aliphatic carbocycles. The van der Waals surface area contributed by atoms with E-state index in [-0.39, 0.29) is 54.0 Å². The van der Waals surface area contributed by atoms with E-state index in [4.69, 9.17) is 9.47 Å². The molecule has 6 atom stereocenters. The van der Waals surface area contributed by atoms with Gasteiger partial charge in [-0.2, -0.15) is 0 Å². The fourth-order valence-corrected chi connectivity index (χ4v) is 8.58. The molecule has 0 saturated heterocycles. The standard InChI is InChI=1S/C33H40O7/c1-4-8-28(37)40-33(27(36)20-39-29(38)17-21-9-6-5-7-10-21)16-14-25-24-12-11-22-18-23(34)13-15-31(22,2)30(24)26(35)19-32(25,33)3/h5-7,9-10,18,24-25,30H,4,8,11-17,19-20H2,1-3H3/t24-,25-,30+,31-,32-,33-/m0/s1. The number of rotatable bonds is 8. The first kappa shape index (κ1) is 28.4. The zero-order valence-corrected chi connectivity index (χ0v) is 23.8. The number of carbonyl (C=O) groups is 5. The minimum Gasteiger partial charge on any atom is -0.457 e. The summed E-state index contributed by atoms with van der Waals surface area (Å²) < 4.78 is 11.5. The maximum absolute atomic E-state index is 14.1. The van der Waals surface area contributed by atoms with Crippen LogP contribution in [-0.2, 0) is 39.9 Å². The van der Waals surface area contributed by atoms with Gasteiger partial charge in [0.2, 0.25) is 5.78 Å². The molecule has 3 saturated carbocycles. The summed E-state index contributed by atoms with van der Waals surface area (Å²) in [7, 11) is 0. The van der Waals surface area contributed by atoms with Crippen LogP contribution in [0.15, 0.2) is 42.0 Å². The van der Waals surface area contributed by atoms with E-state index in [1.807, 2.05) is 44.2 Å². The van der Waals surface area contributed by atoms with Crippen molar-refractivity contribution < 1.29 is 33.4 Å². The average Bonchev–Trinajstić information content (AvgIpc) is 3.20. The molecule has 0 heterocycles. The fraction of sp³-hybridized carbons (Fsp3) is 0.606. The molecule has 0 aromatic heterocycles. The highest BCUT2D eigenvalue weighted by Gasteiger charge is 2.70. The fourth-order valence-electron chi connectivity index (χ4n) is 8.58. The lowest BCUT2D eigenvalue weighted by molar-refractivity contribution is -0.193. The molecule has 5 rings (SSSR count). The number of allylic oxidation sites excluding steroid dienone is 1. The van der Waals surface area contributed by atoms with E-state index in [0.717, 1.165) is 24.0 Å². The van der Waals surface area contributed by atoms with Crippen LogP contribution in [-0.4, -0.2) is 41.5 Å². The summed E-state index contributed by atoms with van der Waals surface area (Å²) >= 11 is 0. The smallest absolute Gasteiger partial charge is 0.310 e. The van der Waals surface area contributed by atoms with Gasteiger partial charge in [0.05, 0.1) is 6.42 Å². The first-order chi connectivity index (χ1) is 19.0. The largest absolute Gasteiger partial charge is 0.457 e. The second-order valence-corrected chi connectivity index (χ2v) is 12.7. The van der Waals surface area contributed by atoms with Gasteiger partial charge in [-0.3, -0.25) is 24.0 Å². The number of hydrogen-bond donors (Lipinski definition) is 0. The Morgan fingerprint density at radius 1 is 0.975 bits per heavy atom. The molecule has 7 heteroatoms. The molecule has 3 fully saturated rings. The van der Waals surface area contributed by atoms with Crippen LogP contribution in [0.1, 0.15) is 84.1 Å². The van der Waals surface area contributed by atoms with E-state index in [1.165, 1.54) is 0 Å². The van der Waals surface area contributed by atoms with Crippen LogP contribution in [0.2, 0.25) is 0 Å². The number of benzene rings is 1. The molecule has 0 bridgehead atoms. The van der Waals surface area contributed by atoms with Crippen molar-refractivity contribution in [2.45, 2.75) is 90.6 Å². The van der Waals surface area contributed by atoms with Crippen molar-refractivity contribution in [1.29, 1.82) is 0 Å². The molecular weight excluding hydrogens is 508 g/mol. The number of ether oxygens (including phenoxy) is 2. The zero-order chi connectivity index (χ0) is 28.7. The zero-order valence-electron chi connectivity index (χ0n) is 23.8. The molecule has 0 N–H and O–H groups in total. The summed E-state index contributed by atoms with van der Waals surface area (Å²) in [5.74, 6) is -1.38. The van der Waals surface area contributed by atoms with Gasteiger partial charge in [0.1, 0.15) is 5.78 Å². The highest BCUT2D eigenvalue weighted by Crippen LogP contribution is 2.67. The van der Waals surface area contributed by atoms with Gasteiger partial charge in [-0.05, 0) is 67.4 Å². The van der Waals surface area contributed by atoms with Crippen LogP contribution in [0, 0.1) is 28.6 Å². The van der Waals surface area contributed by atoms with E-state index < -0.39 is 35.3 Å². The highest BCUT2D eigenvalue weighted by molar-refractivity contribution is 5.96. The quantitative estimate of drug-likeness (QED) is 0.415. The number of hydrogen-bond acceptors (Lipinski definition) is 7. The molecule has 40 heavy (non-hydrogen) atoms. The normalized spacial score (nSPS) is 34.7. The first-order valence-corrected chi connectivity index (χ1v) is 14.8. The summed E-state index contributed by atoms with van der Waals surface area (Å²) in [6.07, 6.45) is 6.28. The predicted octanol–water partition coefficient (Wildman–Crippen LogP) is 5.13. The van der Waals surface area contributed by atoms with E-state index >= 15 is 0 Å². The van der Waals surface area contributed by atoms with Crippen LogP contribution in [0.4, 0.5) is 0 Å². The monoisotopic (exact) mass is 548 g/mol. The SMILES string of the molecule is CCCC(=O)O[C@]1(C(=O)COC(=O)Cc2ccccc2)CC[C@H]2[C@@H]3CCC4=CC(=O)CC[C@]4(C)[C@H]3C(=O)C[C@@]21C. The number of ketones is 3. The van der Waals surface area contributed by atoms with Crippen molar-refractivity contribution in [3.63, 3.8) is 0 Å². The van der Waals surface area contributed by atoms with Crippen LogP contribution >= 0.6 is 0 Å². The number of Topliss-reactive ketones (excluding diaryl/α,β-unsaturated/α-hetero) is 2. The van der Waals surface area contributed by atoms with Crippen LogP contribution in [0.3, 0.4) is 0 Å². The van der Waals surface area contributed by atoms with Gasteiger partial charge in [0.15, 0.2) is 18.0 Å². The Morgan fingerprint density at radius 2 is 1.73 bits per heavy atom. The van der Waals surface area contributed by atoms with Crippen molar-refractivity contribution in [2.24, 2.45) is 28.6 Å². The topological polar surface area (TPSA) is 104 Å². The van der Waals surface area contributed by atoms with Crippen molar-refractivity contribution in [1.82, 2.24) is 0 Å². The Kier molecular flexibility index (Phi) is 7.62. The summed E-state index contributed by atoms with van der Waals surface area (Å²) in [5.41, 5.74) is -0.890. The van der Waals surface area contributed by atoms with E-state index in [9.17, 15) is 24.0 Å². The van der Waals surface area contributed by atoms with Crippen molar-refractivity contribution in [3.05, 3.63) is 47.5 Å². The highest BCUT2D eigenvalue weighted by atomic mass is 16.6. The Balaban J connectivity index is 1.42. The number of carbonyl (C=O) groups excluding carboxylic acids is 5. The molecule has 0 amide bonds. The maximum atomic E-state index is 14.1. The third-order valence-electron chi connectivity index (χ3n) is 10.5. The van der Waals surface area contributed by atoms with Gasteiger partial charge in [-0.25, -0.2) is 0 Å². The second kappa shape index (κ2) is 10.7. The summed E-state index contributed by atoms with van der Waals surface area (Å²) in [5, 5.41) is 0. The molecule has 4 aliphatic rings. The Bertz CT molecular complexity index is 1250. The van der Waals surface area contributed by atoms with Crippen LogP contribution < -0.4 is 0 Å². The van der Waals surface area contributed by atoms with Gasteiger partial charge < -0.3 is 9.47 Å². The van der Waals surface area contributed by atoms with Crippen molar-refractivity contribution >= 4 is 29.3 Å².